The highest BCUT2D eigenvalue weighted by Gasteiger charge is 2.23. The Morgan fingerprint density at radius 3 is 2.35 bits per heavy atom. The number of hydrogen-bond acceptors (Lipinski definition) is 5. The fraction of sp³-hybridized carbons (Fsp3) is 0.400. The number of benzene rings is 1. The molecule has 0 amide bonds. The van der Waals surface area contributed by atoms with Crippen LogP contribution in [0.2, 0.25) is 0 Å². The van der Waals surface area contributed by atoms with Gasteiger partial charge in [-0.05, 0) is 19.1 Å². The van der Waals surface area contributed by atoms with E-state index < -0.39 is 10.0 Å². The van der Waals surface area contributed by atoms with Crippen molar-refractivity contribution < 1.29 is 13.2 Å². The van der Waals surface area contributed by atoms with E-state index in [9.17, 15) is 13.3 Å². The van der Waals surface area contributed by atoms with Gasteiger partial charge < -0.3 is 4.74 Å². The summed E-state index contributed by atoms with van der Waals surface area (Å²) in [6, 6.07) is 6.20. The molecule has 0 aliphatic carbocycles. The molecule has 0 radical (unpaired) electrons. The van der Waals surface area contributed by atoms with Gasteiger partial charge in [-0.25, -0.2) is 0 Å². The number of aryl methyl sites for hydroxylation is 1. The molecule has 17 heavy (non-hydrogen) atoms. The van der Waals surface area contributed by atoms with Gasteiger partial charge >= 0.3 is 0 Å². The van der Waals surface area contributed by atoms with E-state index in [2.05, 4.69) is 5.29 Å². The minimum atomic E-state index is -3.87. The number of ether oxygens (including phenoxy) is 1. The van der Waals surface area contributed by atoms with Gasteiger partial charge in [-0.2, -0.15) is 8.42 Å². The number of nitroso groups, excluding NO2 is 1. The summed E-state index contributed by atoms with van der Waals surface area (Å²) in [6.07, 6.45) is 0. The van der Waals surface area contributed by atoms with E-state index in [0.29, 0.717) is 4.41 Å². The number of hydrogen-bond donors (Lipinski definition) is 0. The van der Waals surface area contributed by atoms with Crippen molar-refractivity contribution in [2.24, 2.45) is 5.29 Å². The third-order valence-electron chi connectivity index (χ3n) is 2.17. The maximum Gasteiger partial charge on any atom is 0.281 e. The van der Waals surface area contributed by atoms with E-state index in [1.54, 1.807) is 12.1 Å². The fourth-order valence-electron chi connectivity index (χ4n) is 1.21. The Kier molecular flexibility index (Phi) is 4.59. The fourth-order valence-corrected chi connectivity index (χ4v) is 2.33. The molecule has 0 aliphatic heterocycles. The van der Waals surface area contributed by atoms with Gasteiger partial charge in [0.05, 0.1) is 23.3 Å². The standard InChI is InChI=1S/C10H14N2O4S/c1-9-3-5-10(6-4-9)17(14,15)12(11-13)7-8-16-2/h3-6H,7-8H2,1-2H3. The zero-order chi connectivity index (χ0) is 12.9. The Labute approximate surface area is 100 Å². The van der Waals surface area contributed by atoms with Gasteiger partial charge in [-0.3, -0.25) is 0 Å². The first-order valence-electron chi connectivity index (χ1n) is 4.94. The molecule has 0 N–H and O–H groups in total. The van der Waals surface area contributed by atoms with Crippen LogP contribution in [0.1, 0.15) is 5.56 Å². The summed E-state index contributed by atoms with van der Waals surface area (Å²) >= 11 is 0. The quantitative estimate of drug-likeness (QED) is 0.569. The van der Waals surface area contributed by atoms with Crippen LogP contribution in [-0.2, 0) is 14.8 Å². The van der Waals surface area contributed by atoms with E-state index in [0.717, 1.165) is 5.56 Å². The third-order valence-corrected chi connectivity index (χ3v) is 3.85. The molecule has 0 fully saturated rings. The summed E-state index contributed by atoms with van der Waals surface area (Å²) in [4.78, 5) is 10.6. The number of sulfonamides is 1. The summed E-state index contributed by atoms with van der Waals surface area (Å²) in [7, 11) is -2.45. The molecule has 94 valence electrons. The molecule has 0 heterocycles. The first-order valence-corrected chi connectivity index (χ1v) is 6.38. The van der Waals surface area contributed by atoms with Gasteiger partial charge in [0.15, 0.2) is 0 Å². The van der Waals surface area contributed by atoms with Crippen LogP contribution in [0.25, 0.3) is 0 Å². The van der Waals surface area contributed by atoms with Crippen LogP contribution in [0, 0.1) is 11.8 Å². The molecule has 0 aromatic heterocycles. The second-order valence-corrected chi connectivity index (χ2v) is 5.28. The molecular formula is C10H14N2O4S. The average Bonchev–Trinajstić information content (AvgIpc) is 2.30. The molecule has 1 aromatic carbocycles. The number of methoxy groups -OCH3 is 1. The van der Waals surface area contributed by atoms with Crippen molar-refractivity contribution in [1.82, 2.24) is 4.41 Å². The zero-order valence-corrected chi connectivity index (χ0v) is 10.5. The molecule has 0 atom stereocenters. The minimum Gasteiger partial charge on any atom is -0.383 e. The van der Waals surface area contributed by atoms with Crippen molar-refractivity contribution in [3.8, 4) is 0 Å². The molecule has 6 nitrogen and oxygen atoms in total. The predicted molar refractivity (Wildman–Crippen MR) is 62.7 cm³/mol. The predicted octanol–water partition coefficient (Wildman–Crippen LogP) is 1.31. The smallest absolute Gasteiger partial charge is 0.281 e. The minimum absolute atomic E-state index is 0.0406. The van der Waals surface area contributed by atoms with Crippen molar-refractivity contribution in [1.29, 1.82) is 0 Å². The summed E-state index contributed by atoms with van der Waals surface area (Å²) in [6.45, 7) is 1.85. The first kappa shape index (κ1) is 13.6. The summed E-state index contributed by atoms with van der Waals surface area (Å²) < 4.78 is 29.1. The average molecular weight is 258 g/mol. The third kappa shape index (κ3) is 3.24. The van der Waals surface area contributed by atoms with Crippen molar-refractivity contribution >= 4 is 10.0 Å². The zero-order valence-electron chi connectivity index (χ0n) is 9.66. The molecule has 0 bridgehead atoms. The lowest BCUT2D eigenvalue weighted by atomic mass is 10.2. The second-order valence-electron chi connectivity index (χ2n) is 3.44. The lowest BCUT2D eigenvalue weighted by molar-refractivity contribution is 0.179. The van der Waals surface area contributed by atoms with Gasteiger partial charge in [-0.1, -0.05) is 17.7 Å². The highest BCUT2D eigenvalue weighted by Crippen LogP contribution is 2.16. The SMILES string of the molecule is COCCN(N=O)S(=O)(=O)c1ccc(C)cc1. The van der Waals surface area contributed by atoms with Crippen LogP contribution >= 0.6 is 0 Å². The molecule has 7 heteroatoms. The van der Waals surface area contributed by atoms with Gasteiger partial charge in [-0.15, -0.1) is 9.32 Å². The monoisotopic (exact) mass is 258 g/mol. The summed E-state index contributed by atoms with van der Waals surface area (Å²) in [5.41, 5.74) is 0.937. The van der Waals surface area contributed by atoms with E-state index in [1.807, 2.05) is 6.92 Å². The molecule has 1 aromatic rings. The maximum atomic E-state index is 12.0. The van der Waals surface area contributed by atoms with Crippen LogP contribution in [0.4, 0.5) is 0 Å². The van der Waals surface area contributed by atoms with Gasteiger partial charge in [0.25, 0.3) is 10.0 Å². The normalized spacial score (nSPS) is 11.2. The molecule has 1 rings (SSSR count). The van der Waals surface area contributed by atoms with Crippen molar-refractivity contribution in [2.45, 2.75) is 11.8 Å². The Morgan fingerprint density at radius 2 is 1.88 bits per heavy atom. The second kappa shape index (κ2) is 5.74. The number of rotatable bonds is 6. The lowest BCUT2D eigenvalue weighted by Crippen LogP contribution is -2.28. The molecular weight excluding hydrogens is 244 g/mol. The van der Waals surface area contributed by atoms with E-state index in [4.69, 9.17) is 4.74 Å². The molecule has 0 spiro atoms. The Morgan fingerprint density at radius 1 is 1.29 bits per heavy atom. The van der Waals surface area contributed by atoms with Gasteiger partial charge in [0, 0.05) is 7.11 Å². The summed E-state index contributed by atoms with van der Waals surface area (Å²) in [5.74, 6) is 0. The van der Waals surface area contributed by atoms with Gasteiger partial charge in [0.1, 0.15) is 0 Å². The lowest BCUT2D eigenvalue weighted by Gasteiger charge is -2.14. The van der Waals surface area contributed by atoms with Crippen LogP contribution < -0.4 is 0 Å². The van der Waals surface area contributed by atoms with Crippen LogP contribution in [-0.4, -0.2) is 33.1 Å². The van der Waals surface area contributed by atoms with E-state index in [1.165, 1.54) is 19.2 Å². The Balaban J connectivity index is 2.99. The molecule has 0 saturated heterocycles. The molecule has 0 saturated carbocycles. The van der Waals surface area contributed by atoms with Crippen molar-refractivity contribution in [3.05, 3.63) is 34.7 Å². The summed E-state index contributed by atoms with van der Waals surface area (Å²) in [5, 5.41) is 2.51. The van der Waals surface area contributed by atoms with E-state index >= 15 is 0 Å². The maximum absolute atomic E-state index is 12.0. The van der Waals surface area contributed by atoms with Crippen molar-refractivity contribution in [3.63, 3.8) is 0 Å². The highest BCUT2D eigenvalue weighted by molar-refractivity contribution is 7.89. The molecule has 0 unspecified atom stereocenters. The topological polar surface area (TPSA) is 76.0 Å². The largest absolute Gasteiger partial charge is 0.383 e. The van der Waals surface area contributed by atoms with E-state index in [-0.39, 0.29) is 18.0 Å². The molecule has 0 aliphatic rings. The Bertz CT molecular complexity index is 470. The highest BCUT2D eigenvalue weighted by atomic mass is 32.2. The Hall–Kier alpha value is -1.47. The number of nitrogens with zero attached hydrogens (tertiary/aromatic N) is 2. The van der Waals surface area contributed by atoms with Crippen LogP contribution in [0.5, 0.6) is 0 Å². The van der Waals surface area contributed by atoms with Crippen molar-refractivity contribution in [2.75, 3.05) is 20.3 Å². The van der Waals surface area contributed by atoms with Crippen LogP contribution in [0.3, 0.4) is 0 Å². The first-order chi connectivity index (χ1) is 8.02. The van der Waals surface area contributed by atoms with Gasteiger partial charge in [0.2, 0.25) is 0 Å². The van der Waals surface area contributed by atoms with Crippen LogP contribution in [0.15, 0.2) is 34.4 Å².